The quantitative estimate of drug-likeness (QED) is 0.636. The van der Waals surface area contributed by atoms with Crippen LogP contribution in [0, 0.1) is 17.8 Å². The summed E-state index contributed by atoms with van der Waals surface area (Å²) in [7, 11) is 0. The van der Waals surface area contributed by atoms with Gasteiger partial charge in [-0.15, -0.1) is 0 Å². The van der Waals surface area contributed by atoms with E-state index >= 15 is 0 Å². The number of piperidine rings is 1. The minimum absolute atomic E-state index is 0.732. The summed E-state index contributed by atoms with van der Waals surface area (Å²) < 4.78 is 0. The van der Waals surface area contributed by atoms with Crippen molar-refractivity contribution in [1.82, 2.24) is 4.90 Å². The van der Waals surface area contributed by atoms with Crippen LogP contribution in [0.25, 0.3) is 0 Å². The van der Waals surface area contributed by atoms with Crippen LogP contribution in [0.15, 0.2) is 0 Å². The summed E-state index contributed by atoms with van der Waals surface area (Å²) in [6.07, 6.45) is 1.40. The van der Waals surface area contributed by atoms with Gasteiger partial charge in [0.1, 0.15) is 0 Å². The fraction of sp³-hybridized carbons (Fsp3) is 1.00. The van der Waals surface area contributed by atoms with E-state index < -0.39 is 0 Å². The van der Waals surface area contributed by atoms with Crippen molar-refractivity contribution in [3.05, 3.63) is 0 Å². The van der Waals surface area contributed by atoms with Gasteiger partial charge in [-0.3, -0.25) is 0 Å². The molecule has 1 aliphatic heterocycles. The molecule has 0 saturated carbocycles. The van der Waals surface area contributed by atoms with Gasteiger partial charge in [0.2, 0.25) is 0 Å². The molecule has 0 unspecified atom stereocenters. The van der Waals surface area contributed by atoms with Crippen LogP contribution >= 0.6 is 0 Å². The average Bonchev–Trinajstić information content (AvgIpc) is 2.03. The number of hydrogen-bond acceptors (Lipinski definition) is 1. The van der Waals surface area contributed by atoms with Crippen LogP contribution in [0.2, 0.25) is 0 Å². The molecule has 0 aromatic rings. The molecule has 0 aromatic carbocycles. The lowest BCUT2D eigenvalue weighted by Crippen LogP contribution is -2.44. The van der Waals surface area contributed by atoms with Crippen LogP contribution in [0.4, 0.5) is 0 Å². The van der Waals surface area contributed by atoms with E-state index in [2.05, 4.69) is 39.5 Å². The van der Waals surface area contributed by atoms with Crippen molar-refractivity contribution in [1.29, 1.82) is 0 Å². The van der Waals surface area contributed by atoms with Crippen LogP contribution in [0.5, 0.6) is 0 Å². The van der Waals surface area contributed by atoms with E-state index in [-0.39, 0.29) is 0 Å². The molecule has 13 heavy (non-hydrogen) atoms. The fourth-order valence-electron chi connectivity index (χ4n) is 2.66. The summed E-state index contributed by atoms with van der Waals surface area (Å²) in [6, 6.07) is 0.732. The maximum atomic E-state index is 2.61. The van der Waals surface area contributed by atoms with Crippen LogP contribution in [0.1, 0.15) is 41.0 Å². The summed E-state index contributed by atoms with van der Waals surface area (Å²) >= 11 is 0. The van der Waals surface area contributed by atoms with Gasteiger partial charge in [-0.05, 0) is 44.6 Å². The van der Waals surface area contributed by atoms with Crippen molar-refractivity contribution in [2.45, 2.75) is 47.1 Å². The predicted octanol–water partition coefficient (Wildman–Crippen LogP) is 3.01. The molecule has 1 fully saturated rings. The number of hydrogen-bond donors (Lipinski definition) is 0. The van der Waals surface area contributed by atoms with Crippen molar-refractivity contribution >= 4 is 0 Å². The van der Waals surface area contributed by atoms with Crippen molar-refractivity contribution in [2.75, 3.05) is 13.1 Å². The molecule has 0 N–H and O–H groups in total. The second kappa shape index (κ2) is 4.45. The molecule has 1 heterocycles. The third kappa shape index (κ3) is 2.70. The highest BCUT2D eigenvalue weighted by atomic mass is 15.2. The number of likely N-dealkylation sites (tertiary alicyclic amines) is 1. The van der Waals surface area contributed by atoms with Gasteiger partial charge in [-0.1, -0.05) is 20.8 Å². The maximum absolute atomic E-state index is 2.61. The van der Waals surface area contributed by atoms with E-state index in [1.807, 2.05) is 0 Å². The van der Waals surface area contributed by atoms with Gasteiger partial charge in [-0.25, -0.2) is 0 Å². The molecule has 1 saturated heterocycles. The lowest BCUT2D eigenvalue weighted by atomic mass is 9.79. The van der Waals surface area contributed by atoms with Gasteiger partial charge in [0.15, 0.2) is 0 Å². The first-order valence-electron chi connectivity index (χ1n) is 5.76. The Morgan fingerprint density at radius 2 is 1.77 bits per heavy atom. The van der Waals surface area contributed by atoms with Gasteiger partial charge in [-0.2, -0.15) is 0 Å². The minimum atomic E-state index is 0.732. The Morgan fingerprint density at radius 1 is 1.15 bits per heavy atom. The molecule has 0 aliphatic carbocycles. The van der Waals surface area contributed by atoms with E-state index in [1.54, 1.807) is 0 Å². The molecule has 0 aromatic heterocycles. The largest absolute Gasteiger partial charge is 0.301 e. The predicted molar refractivity (Wildman–Crippen MR) is 58.8 cm³/mol. The van der Waals surface area contributed by atoms with Crippen molar-refractivity contribution in [3.63, 3.8) is 0 Å². The summed E-state index contributed by atoms with van der Waals surface area (Å²) in [5.41, 5.74) is 0. The Bertz CT molecular complexity index is 151. The first-order valence-corrected chi connectivity index (χ1v) is 5.76. The third-order valence-electron chi connectivity index (χ3n) is 3.59. The second-order valence-electron chi connectivity index (χ2n) is 5.26. The van der Waals surface area contributed by atoms with E-state index in [0.717, 1.165) is 23.8 Å². The molecular formula is C12H25N. The zero-order valence-electron chi connectivity index (χ0n) is 9.88. The van der Waals surface area contributed by atoms with Crippen molar-refractivity contribution < 1.29 is 0 Å². The second-order valence-corrected chi connectivity index (χ2v) is 5.26. The fourth-order valence-corrected chi connectivity index (χ4v) is 2.66. The first-order chi connectivity index (χ1) is 6.02. The molecule has 1 aliphatic rings. The zero-order valence-corrected chi connectivity index (χ0v) is 9.88. The normalized spacial score (nSPS) is 31.6. The molecule has 1 rings (SSSR count). The lowest BCUT2D eigenvalue weighted by molar-refractivity contribution is 0.0799. The van der Waals surface area contributed by atoms with Gasteiger partial charge < -0.3 is 4.90 Å². The smallest absolute Gasteiger partial charge is 0.00387 e. The zero-order chi connectivity index (χ0) is 10.0. The SMILES string of the molecule is CC(C)[C@H]1CCN(C(C)C)C[C@H]1C. The van der Waals surface area contributed by atoms with Gasteiger partial charge in [0.05, 0.1) is 0 Å². The third-order valence-corrected chi connectivity index (χ3v) is 3.59. The molecule has 0 radical (unpaired) electrons. The summed E-state index contributed by atoms with van der Waals surface area (Å²) in [4.78, 5) is 2.61. The van der Waals surface area contributed by atoms with Crippen LogP contribution in [-0.2, 0) is 0 Å². The van der Waals surface area contributed by atoms with Gasteiger partial charge >= 0.3 is 0 Å². The minimum Gasteiger partial charge on any atom is -0.301 e. The van der Waals surface area contributed by atoms with E-state index in [4.69, 9.17) is 0 Å². The first kappa shape index (κ1) is 11.0. The molecular weight excluding hydrogens is 158 g/mol. The van der Waals surface area contributed by atoms with Crippen LogP contribution in [0.3, 0.4) is 0 Å². The van der Waals surface area contributed by atoms with E-state index in [9.17, 15) is 0 Å². The molecule has 1 heteroatoms. The highest BCUT2D eigenvalue weighted by Crippen LogP contribution is 2.30. The number of nitrogens with zero attached hydrogens (tertiary/aromatic N) is 1. The molecule has 0 bridgehead atoms. The monoisotopic (exact) mass is 183 g/mol. The molecule has 1 nitrogen and oxygen atoms in total. The Kier molecular flexibility index (Phi) is 3.78. The molecule has 0 amide bonds. The Balaban J connectivity index is 2.46. The van der Waals surface area contributed by atoms with E-state index in [0.29, 0.717) is 0 Å². The topological polar surface area (TPSA) is 3.24 Å². The van der Waals surface area contributed by atoms with E-state index in [1.165, 1.54) is 19.5 Å². The Hall–Kier alpha value is -0.0400. The Morgan fingerprint density at radius 3 is 2.15 bits per heavy atom. The molecule has 2 atom stereocenters. The Labute approximate surface area is 83.5 Å². The van der Waals surface area contributed by atoms with Crippen molar-refractivity contribution in [2.24, 2.45) is 17.8 Å². The van der Waals surface area contributed by atoms with Crippen LogP contribution < -0.4 is 0 Å². The molecule has 0 spiro atoms. The maximum Gasteiger partial charge on any atom is 0.00387 e. The van der Waals surface area contributed by atoms with Crippen LogP contribution in [-0.4, -0.2) is 24.0 Å². The average molecular weight is 183 g/mol. The molecule has 78 valence electrons. The summed E-state index contributed by atoms with van der Waals surface area (Å²) in [5, 5.41) is 0. The number of rotatable bonds is 2. The highest BCUT2D eigenvalue weighted by molar-refractivity contribution is 4.80. The standard InChI is InChI=1S/C12H25N/c1-9(2)12-6-7-13(10(3)4)8-11(12)5/h9-12H,6-8H2,1-5H3/t11-,12-/m1/s1. The van der Waals surface area contributed by atoms with Crippen molar-refractivity contribution in [3.8, 4) is 0 Å². The lowest BCUT2D eigenvalue weighted by Gasteiger charge is -2.40. The highest BCUT2D eigenvalue weighted by Gasteiger charge is 2.28. The van der Waals surface area contributed by atoms with Gasteiger partial charge in [0.25, 0.3) is 0 Å². The summed E-state index contributed by atoms with van der Waals surface area (Å²) in [6.45, 7) is 14.4. The van der Waals surface area contributed by atoms with Gasteiger partial charge in [0, 0.05) is 12.6 Å². The summed E-state index contributed by atoms with van der Waals surface area (Å²) in [5.74, 6) is 2.70.